The highest BCUT2D eigenvalue weighted by Gasteiger charge is 2.07. The van der Waals surface area contributed by atoms with Crippen molar-refractivity contribution in [2.45, 2.75) is 32.4 Å². The monoisotopic (exact) mass is 246 g/mol. The van der Waals surface area contributed by atoms with Gasteiger partial charge in [-0.05, 0) is 37.1 Å². The van der Waals surface area contributed by atoms with Gasteiger partial charge in [-0.3, -0.25) is 4.68 Å². The summed E-state index contributed by atoms with van der Waals surface area (Å²) < 4.78 is 4.10. The molecule has 1 N–H and O–H groups in total. The summed E-state index contributed by atoms with van der Waals surface area (Å²) in [5.74, 6) is 0. The van der Waals surface area contributed by atoms with E-state index in [1.807, 2.05) is 25.0 Å². The van der Waals surface area contributed by atoms with Gasteiger partial charge in [0.05, 0.1) is 6.20 Å². The van der Waals surface area contributed by atoms with Gasteiger partial charge in [0, 0.05) is 38.2 Å². The standard InChI is InChI=1S/C14H22N4/c1-4-14(15-2)13-6-8-18(11-13)7-5-12-9-16-17(3)10-12/h6,8-11,14-15H,4-5,7H2,1-3H3. The summed E-state index contributed by atoms with van der Waals surface area (Å²) in [5.41, 5.74) is 2.65. The molecule has 4 nitrogen and oxygen atoms in total. The third-order valence-electron chi connectivity index (χ3n) is 3.35. The Labute approximate surface area is 109 Å². The number of hydrogen-bond acceptors (Lipinski definition) is 2. The van der Waals surface area contributed by atoms with E-state index in [2.05, 4.69) is 46.6 Å². The van der Waals surface area contributed by atoms with Crippen molar-refractivity contribution < 1.29 is 0 Å². The van der Waals surface area contributed by atoms with Crippen molar-refractivity contribution in [3.63, 3.8) is 0 Å². The number of rotatable bonds is 6. The molecule has 0 saturated carbocycles. The Balaban J connectivity index is 1.94. The molecule has 2 aromatic heterocycles. The zero-order valence-electron chi connectivity index (χ0n) is 11.4. The maximum atomic E-state index is 4.19. The summed E-state index contributed by atoms with van der Waals surface area (Å²) >= 11 is 0. The van der Waals surface area contributed by atoms with E-state index >= 15 is 0 Å². The summed E-state index contributed by atoms with van der Waals surface area (Å²) in [6.45, 7) is 3.21. The molecular formula is C14H22N4. The molecule has 2 aromatic rings. The Morgan fingerprint density at radius 2 is 2.22 bits per heavy atom. The second-order valence-corrected chi connectivity index (χ2v) is 4.70. The topological polar surface area (TPSA) is 34.8 Å². The lowest BCUT2D eigenvalue weighted by Crippen LogP contribution is -2.14. The van der Waals surface area contributed by atoms with E-state index in [0.29, 0.717) is 6.04 Å². The average molecular weight is 246 g/mol. The molecule has 0 amide bonds. The van der Waals surface area contributed by atoms with Crippen LogP contribution in [0.1, 0.15) is 30.5 Å². The van der Waals surface area contributed by atoms with E-state index in [0.717, 1.165) is 19.4 Å². The normalized spacial score (nSPS) is 12.8. The zero-order chi connectivity index (χ0) is 13.0. The summed E-state index contributed by atoms with van der Waals surface area (Å²) in [4.78, 5) is 0. The van der Waals surface area contributed by atoms with Crippen molar-refractivity contribution in [2.24, 2.45) is 7.05 Å². The molecule has 1 atom stereocenters. The van der Waals surface area contributed by atoms with Crippen LogP contribution in [-0.2, 0) is 20.0 Å². The number of hydrogen-bond donors (Lipinski definition) is 1. The molecule has 0 aliphatic heterocycles. The minimum Gasteiger partial charge on any atom is -0.354 e. The van der Waals surface area contributed by atoms with Gasteiger partial charge >= 0.3 is 0 Å². The van der Waals surface area contributed by atoms with E-state index in [-0.39, 0.29) is 0 Å². The summed E-state index contributed by atoms with van der Waals surface area (Å²) in [5, 5.41) is 7.52. The van der Waals surface area contributed by atoms with Gasteiger partial charge in [-0.25, -0.2) is 0 Å². The van der Waals surface area contributed by atoms with Crippen LogP contribution in [-0.4, -0.2) is 21.4 Å². The Morgan fingerprint density at radius 3 is 2.83 bits per heavy atom. The minimum atomic E-state index is 0.463. The van der Waals surface area contributed by atoms with Crippen LogP contribution in [0, 0.1) is 0 Å². The largest absolute Gasteiger partial charge is 0.354 e. The van der Waals surface area contributed by atoms with Crippen molar-refractivity contribution in [3.8, 4) is 0 Å². The average Bonchev–Trinajstić information content (AvgIpc) is 2.98. The fraction of sp³-hybridized carbons (Fsp3) is 0.500. The van der Waals surface area contributed by atoms with Crippen molar-refractivity contribution in [3.05, 3.63) is 42.0 Å². The SMILES string of the molecule is CCC(NC)c1ccn(CCc2cnn(C)c2)c1. The van der Waals surface area contributed by atoms with Gasteiger partial charge in [0.1, 0.15) is 0 Å². The second-order valence-electron chi connectivity index (χ2n) is 4.70. The molecule has 2 rings (SSSR count). The van der Waals surface area contributed by atoms with Gasteiger partial charge < -0.3 is 9.88 Å². The molecule has 0 aliphatic carbocycles. The lowest BCUT2D eigenvalue weighted by molar-refractivity contribution is 0.574. The molecule has 98 valence electrons. The summed E-state index contributed by atoms with van der Waals surface area (Å²) in [6.07, 6.45) is 10.5. The maximum absolute atomic E-state index is 4.19. The lowest BCUT2D eigenvalue weighted by atomic mass is 10.1. The quantitative estimate of drug-likeness (QED) is 0.847. The highest BCUT2D eigenvalue weighted by Crippen LogP contribution is 2.16. The van der Waals surface area contributed by atoms with E-state index in [1.165, 1.54) is 11.1 Å². The van der Waals surface area contributed by atoms with Gasteiger partial charge in [0.25, 0.3) is 0 Å². The first-order chi connectivity index (χ1) is 8.72. The van der Waals surface area contributed by atoms with Gasteiger partial charge in [0.2, 0.25) is 0 Å². The molecule has 2 heterocycles. The van der Waals surface area contributed by atoms with Crippen molar-refractivity contribution in [1.29, 1.82) is 0 Å². The van der Waals surface area contributed by atoms with Crippen molar-refractivity contribution in [1.82, 2.24) is 19.7 Å². The second kappa shape index (κ2) is 5.87. The molecule has 0 bridgehead atoms. The van der Waals surface area contributed by atoms with Crippen LogP contribution in [0.3, 0.4) is 0 Å². The maximum Gasteiger partial charge on any atom is 0.0522 e. The first-order valence-corrected chi connectivity index (χ1v) is 6.53. The van der Waals surface area contributed by atoms with Crippen molar-refractivity contribution >= 4 is 0 Å². The molecule has 1 unspecified atom stereocenters. The van der Waals surface area contributed by atoms with Crippen LogP contribution in [0.5, 0.6) is 0 Å². The molecule has 0 aliphatic rings. The molecule has 0 aromatic carbocycles. The number of nitrogens with zero attached hydrogens (tertiary/aromatic N) is 3. The van der Waals surface area contributed by atoms with Crippen LogP contribution in [0.4, 0.5) is 0 Å². The predicted molar refractivity (Wildman–Crippen MR) is 73.4 cm³/mol. The number of aryl methyl sites for hydroxylation is 3. The lowest BCUT2D eigenvalue weighted by Gasteiger charge is -2.11. The highest BCUT2D eigenvalue weighted by atomic mass is 15.2. The van der Waals surface area contributed by atoms with Crippen LogP contribution < -0.4 is 5.32 Å². The third-order valence-corrected chi connectivity index (χ3v) is 3.35. The van der Waals surface area contributed by atoms with E-state index in [4.69, 9.17) is 0 Å². The van der Waals surface area contributed by atoms with Gasteiger partial charge in [-0.15, -0.1) is 0 Å². The fourth-order valence-corrected chi connectivity index (χ4v) is 2.27. The smallest absolute Gasteiger partial charge is 0.0522 e. The Kier molecular flexibility index (Phi) is 4.20. The van der Waals surface area contributed by atoms with Crippen LogP contribution in [0.25, 0.3) is 0 Å². The summed E-state index contributed by atoms with van der Waals surface area (Å²) in [6, 6.07) is 2.66. The van der Waals surface area contributed by atoms with E-state index < -0.39 is 0 Å². The molecule has 0 fully saturated rings. The molecule has 0 spiro atoms. The third kappa shape index (κ3) is 3.01. The molecule has 0 radical (unpaired) electrons. The number of aromatic nitrogens is 3. The van der Waals surface area contributed by atoms with Crippen LogP contribution in [0.2, 0.25) is 0 Å². The Morgan fingerprint density at radius 1 is 1.39 bits per heavy atom. The van der Waals surface area contributed by atoms with Gasteiger partial charge in [-0.2, -0.15) is 5.10 Å². The zero-order valence-corrected chi connectivity index (χ0v) is 11.4. The Bertz CT molecular complexity index is 479. The van der Waals surface area contributed by atoms with Gasteiger partial charge in [-0.1, -0.05) is 6.92 Å². The minimum absolute atomic E-state index is 0.463. The van der Waals surface area contributed by atoms with E-state index in [1.54, 1.807) is 0 Å². The van der Waals surface area contributed by atoms with Gasteiger partial charge in [0.15, 0.2) is 0 Å². The van der Waals surface area contributed by atoms with Crippen LogP contribution in [0.15, 0.2) is 30.9 Å². The summed E-state index contributed by atoms with van der Waals surface area (Å²) in [7, 11) is 3.97. The molecule has 18 heavy (non-hydrogen) atoms. The van der Waals surface area contributed by atoms with Crippen molar-refractivity contribution in [2.75, 3.05) is 7.05 Å². The first kappa shape index (κ1) is 12.9. The van der Waals surface area contributed by atoms with E-state index in [9.17, 15) is 0 Å². The Hall–Kier alpha value is -1.55. The fourth-order valence-electron chi connectivity index (χ4n) is 2.27. The molecular weight excluding hydrogens is 224 g/mol. The molecule has 0 saturated heterocycles. The first-order valence-electron chi connectivity index (χ1n) is 6.53. The predicted octanol–water partition coefficient (Wildman–Crippen LogP) is 2.13. The highest BCUT2D eigenvalue weighted by molar-refractivity contribution is 5.15. The van der Waals surface area contributed by atoms with Crippen LogP contribution >= 0.6 is 0 Å². The molecule has 4 heteroatoms. The number of nitrogens with one attached hydrogen (secondary N) is 1.